The van der Waals surface area contributed by atoms with Gasteiger partial charge < -0.3 is 16.0 Å². The topological polar surface area (TPSA) is 97.8 Å². The summed E-state index contributed by atoms with van der Waals surface area (Å²) in [6.07, 6.45) is 7.63. The predicted octanol–water partition coefficient (Wildman–Crippen LogP) is 5.22. The lowest BCUT2D eigenvalue weighted by Gasteiger charge is -2.23. The summed E-state index contributed by atoms with van der Waals surface area (Å²) in [6.45, 7) is 9.82. The molecule has 4 rings (SSSR count). The maximum atomic E-state index is 6.08. The number of pyridine rings is 1. The van der Waals surface area contributed by atoms with Gasteiger partial charge in [-0.15, -0.1) is 0 Å². The number of hydrogen-bond donors (Lipinski definition) is 2. The number of nitrogens with two attached hydrogens (primary N) is 1. The first-order valence-corrected chi connectivity index (χ1v) is 12.6. The van der Waals surface area contributed by atoms with E-state index in [-0.39, 0.29) is 0 Å². The van der Waals surface area contributed by atoms with Crippen LogP contribution in [0, 0.1) is 18.8 Å². The highest BCUT2D eigenvalue weighted by atomic mass is 15.3. The molecule has 3 aromatic heterocycles. The third-order valence-electron chi connectivity index (χ3n) is 5.73. The Morgan fingerprint density at radius 2 is 1.78 bits per heavy atom. The smallest absolute Gasteiger partial charge is 0.164 e. The molecule has 0 aliphatic rings. The molecule has 0 saturated heterocycles. The molecule has 0 aliphatic heterocycles. The summed E-state index contributed by atoms with van der Waals surface area (Å²) in [5.41, 5.74) is 9.90. The van der Waals surface area contributed by atoms with Crippen molar-refractivity contribution < 1.29 is 0 Å². The van der Waals surface area contributed by atoms with Crippen molar-refractivity contribution >= 4 is 22.5 Å². The molecule has 0 bridgehead atoms. The Kier molecular flexibility index (Phi) is 10.0. The summed E-state index contributed by atoms with van der Waals surface area (Å²) in [7, 11) is 2.09. The van der Waals surface area contributed by atoms with Gasteiger partial charge in [0.25, 0.3) is 0 Å². The zero-order valence-corrected chi connectivity index (χ0v) is 22.4. The second-order valence-corrected chi connectivity index (χ2v) is 8.46. The Balaban J connectivity index is 0.000000555. The third kappa shape index (κ3) is 7.31. The van der Waals surface area contributed by atoms with Gasteiger partial charge in [0.1, 0.15) is 23.7 Å². The maximum Gasteiger partial charge on any atom is 0.164 e. The molecule has 0 atom stereocenters. The Hall–Kier alpha value is -4.38. The maximum absolute atomic E-state index is 6.08. The van der Waals surface area contributed by atoms with Crippen molar-refractivity contribution in [2.24, 2.45) is 0 Å². The van der Waals surface area contributed by atoms with Crippen molar-refractivity contribution in [3.63, 3.8) is 0 Å². The van der Waals surface area contributed by atoms with Gasteiger partial charge in [0.2, 0.25) is 0 Å². The predicted molar refractivity (Wildman–Crippen MR) is 152 cm³/mol. The van der Waals surface area contributed by atoms with E-state index in [0.717, 1.165) is 42.2 Å². The monoisotopic (exact) mass is 496 g/mol. The number of aromatic nitrogens is 5. The third-order valence-corrected chi connectivity index (χ3v) is 5.73. The Morgan fingerprint density at radius 3 is 2.41 bits per heavy atom. The number of benzene rings is 1. The van der Waals surface area contributed by atoms with Crippen molar-refractivity contribution in [1.82, 2.24) is 29.6 Å². The Labute approximate surface area is 219 Å². The van der Waals surface area contributed by atoms with E-state index >= 15 is 0 Å². The van der Waals surface area contributed by atoms with Gasteiger partial charge in [-0.25, -0.2) is 14.6 Å². The molecular weight excluding hydrogens is 460 g/mol. The van der Waals surface area contributed by atoms with Gasteiger partial charge in [-0.05, 0) is 45.3 Å². The molecule has 3 heterocycles. The Bertz CT molecular complexity index is 1350. The van der Waals surface area contributed by atoms with Gasteiger partial charge in [-0.2, -0.15) is 5.10 Å². The number of nitrogens with one attached hydrogen (secondary N) is 1. The van der Waals surface area contributed by atoms with E-state index < -0.39 is 0 Å². The fourth-order valence-electron chi connectivity index (χ4n) is 3.63. The standard InChI is InChI=1S/C23H30N8.C6H6/c1-6-9-12-30(5)20(7-2)28-18-13-17(16(4)25-14-18)10-11-19-21-22(24)26-15-27-23(21)31(8-3)29-19;1-2-4-6-5-3-1/h7,13-15,28H,6,8-9,12H2,1-5H3,(H2,24,26,27);1-6H. The molecule has 192 valence electrons. The number of aryl methyl sites for hydroxylation is 2. The number of hydrogen-bond acceptors (Lipinski definition) is 7. The van der Waals surface area contributed by atoms with Gasteiger partial charge in [0.05, 0.1) is 23.0 Å². The number of rotatable bonds is 7. The molecule has 0 fully saturated rings. The van der Waals surface area contributed by atoms with E-state index in [1.807, 2.05) is 69.4 Å². The van der Waals surface area contributed by atoms with E-state index in [9.17, 15) is 0 Å². The molecule has 0 aliphatic carbocycles. The number of nitrogens with zero attached hydrogens (tertiary/aromatic N) is 6. The molecule has 37 heavy (non-hydrogen) atoms. The second-order valence-electron chi connectivity index (χ2n) is 8.46. The highest BCUT2D eigenvalue weighted by Gasteiger charge is 2.13. The van der Waals surface area contributed by atoms with Gasteiger partial charge in [-0.3, -0.25) is 4.98 Å². The lowest BCUT2D eigenvalue weighted by atomic mass is 10.2. The number of unbranched alkanes of at least 4 members (excludes halogenated alkanes) is 1. The summed E-state index contributed by atoms with van der Waals surface area (Å²) >= 11 is 0. The minimum Gasteiger partial charge on any atom is -0.383 e. The van der Waals surface area contributed by atoms with Crippen LogP contribution in [0.4, 0.5) is 11.5 Å². The van der Waals surface area contributed by atoms with Gasteiger partial charge in [-0.1, -0.05) is 55.7 Å². The quantitative estimate of drug-likeness (QED) is 0.338. The van der Waals surface area contributed by atoms with Crippen LogP contribution in [0.1, 0.15) is 50.6 Å². The van der Waals surface area contributed by atoms with Crippen LogP contribution in [0.3, 0.4) is 0 Å². The van der Waals surface area contributed by atoms with Crippen molar-refractivity contribution in [3.8, 4) is 11.8 Å². The second kappa shape index (κ2) is 13.6. The van der Waals surface area contributed by atoms with Crippen LogP contribution >= 0.6 is 0 Å². The molecule has 0 radical (unpaired) electrons. The molecule has 8 nitrogen and oxygen atoms in total. The first kappa shape index (κ1) is 27.2. The lowest BCUT2D eigenvalue weighted by Crippen LogP contribution is -2.24. The van der Waals surface area contributed by atoms with Crippen LogP contribution < -0.4 is 11.1 Å². The minimum absolute atomic E-state index is 0.382. The molecule has 0 saturated carbocycles. The van der Waals surface area contributed by atoms with Crippen LogP contribution in [0.15, 0.2) is 66.9 Å². The van der Waals surface area contributed by atoms with E-state index in [1.54, 1.807) is 4.68 Å². The van der Waals surface area contributed by atoms with Crippen LogP contribution in [0.2, 0.25) is 0 Å². The molecule has 0 amide bonds. The largest absolute Gasteiger partial charge is 0.383 e. The van der Waals surface area contributed by atoms with E-state index in [1.165, 1.54) is 6.33 Å². The molecule has 0 unspecified atom stereocenters. The van der Waals surface area contributed by atoms with E-state index in [0.29, 0.717) is 29.1 Å². The summed E-state index contributed by atoms with van der Waals surface area (Å²) in [4.78, 5) is 15.1. The summed E-state index contributed by atoms with van der Waals surface area (Å²) < 4.78 is 1.78. The van der Waals surface area contributed by atoms with Gasteiger partial charge in [0.15, 0.2) is 5.65 Å². The SMILES string of the molecule is CC=C(Nc1cnc(C)c(C#Cc2nn(CC)c3ncnc(N)c23)c1)N(C)CCCC.c1ccccc1. The number of allylic oxidation sites excluding steroid dienone is 1. The summed E-state index contributed by atoms with van der Waals surface area (Å²) in [5.74, 6) is 7.78. The highest BCUT2D eigenvalue weighted by molar-refractivity contribution is 5.90. The van der Waals surface area contributed by atoms with Crippen molar-refractivity contribution in [3.05, 3.63) is 83.8 Å². The van der Waals surface area contributed by atoms with Crippen LogP contribution in [0.5, 0.6) is 0 Å². The molecule has 4 aromatic rings. The molecule has 3 N–H and O–H groups in total. The Morgan fingerprint density at radius 1 is 1.08 bits per heavy atom. The fourth-order valence-corrected chi connectivity index (χ4v) is 3.63. The normalized spacial score (nSPS) is 10.8. The number of nitrogen functional groups attached to an aromatic ring is 1. The first-order chi connectivity index (χ1) is 18.0. The van der Waals surface area contributed by atoms with Crippen LogP contribution in [-0.4, -0.2) is 43.2 Å². The van der Waals surface area contributed by atoms with Crippen molar-refractivity contribution in [1.29, 1.82) is 0 Å². The highest BCUT2D eigenvalue weighted by Crippen LogP contribution is 2.21. The molecule has 0 spiro atoms. The first-order valence-electron chi connectivity index (χ1n) is 12.6. The average Bonchev–Trinajstić information content (AvgIpc) is 3.30. The van der Waals surface area contributed by atoms with Crippen LogP contribution in [-0.2, 0) is 6.54 Å². The zero-order valence-electron chi connectivity index (χ0n) is 22.4. The molecule has 8 heteroatoms. The summed E-state index contributed by atoms with van der Waals surface area (Å²) in [5, 5.41) is 8.70. The van der Waals surface area contributed by atoms with Crippen molar-refractivity contribution in [2.75, 3.05) is 24.6 Å². The van der Waals surface area contributed by atoms with Gasteiger partial charge >= 0.3 is 0 Å². The zero-order chi connectivity index (χ0) is 26.6. The average molecular weight is 497 g/mol. The summed E-state index contributed by atoms with van der Waals surface area (Å²) in [6, 6.07) is 14.0. The van der Waals surface area contributed by atoms with E-state index in [4.69, 9.17) is 5.73 Å². The van der Waals surface area contributed by atoms with Crippen molar-refractivity contribution in [2.45, 2.75) is 47.1 Å². The van der Waals surface area contributed by atoms with E-state index in [2.05, 4.69) is 62.2 Å². The minimum atomic E-state index is 0.382. The lowest BCUT2D eigenvalue weighted by molar-refractivity contribution is 0.409. The van der Waals surface area contributed by atoms with Crippen LogP contribution in [0.25, 0.3) is 11.0 Å². The molecule has 1 aromatic carbocycles. The number of fused-ring (bicyclic) bond motifs is 1. The molecular formula is C29H36N8. The van der Waals surface area contributed by atoms with Gasteiger partial charge in [0, 0.05) is 25.7 Å². The fraction of sp³-hybridized carbons (Fsp3) is 0.310. The number of anilines is 2.